The van der Waals surface area contributed by atoms with Crippen molar-refractivity contribution in [2.75, 3.05) is 0 Å². The molecule has 4 heteroatoms. The number of hydrogen-bond donors (Lipinski definition) is 0. The monoisotopic (exact) mass is 328 g/mol. The van der Waals surface area contributed by atoms with Gasteiger partial charge in [0.1, 0.15) is 0 Å². The summed E-state index contributed by atoms with van der Waals surface area (Å²) in [6, 6.07) is 15.5. The Labute approximate surface area is 139 Å². The molecule has 2 nitrogen and oxygen atoms in total. The third-order valence-electron chi connectivity index (χ3n) is 3.60. The Morgan fingerprint density at radius 3 is 1.95 bits per heavy atom. The lowest BCUT2D eigenvalue weighted by atomic mass is 9.93. The van der Waals surface area contributed by atoms with E-state index in [2.05, 4.69) is 10.2 Å². The van der Waals surface area contributed by atoms with Crippen molar-refractivity contribution < 1.29 is 0 Å². The van der Waals surface area contributed by atoms with Crippen molar-refractivity contribution in [1.82, 2.24) is 10.2 Å². The van der Waals surface area contributed by atoms with E-state index < -0.39 is 0 Å². The molecule has 0 radical (unpaired) electrons. The molecule has 2 aromatic carbocycles. The predicted octanol–water partition coefficient (Wildman–Crippen LogP) is 5.73. The van der Waals surface area contributed by atoms with Gasteiger partial charge in [-0.1, -0.05) is 53.5 Å². The Balaban J connectivity index is 2.33. The van der Waals surface area contributed by atoms with Crippen LogP contribution in [0, 0.1) is 13.8 Å². The first-order chi connectivity index (χ1) is 10.6. The summed E-state index contributed by atoms with van der Waals surface area (Å²) in [7, 11) is 0. The first kappa shape index (κ1) is 15.0. The van der Waals surface area contributed by atoms with Crippen molar-refractivity contribution in [1.29, 1.82) is 0 Å². The molecule has 1 aromatic heterocycles. The molecule has 1 heterocycles. The van der Waals surface area contributed by atoms with Crippen LogP contribution in [0.5, 0.6) is 0 Å². The van der Waals surface area contributed by atoms with Crippen LogP contribution in [0.2, 0.25) is 10.0 Å². The number of aromatic nitrogens is 2. The van der Waals surface area contributed by atoms with Crippen molar-refractivity contribution in [3.8, 4) is 22.3 Å². The van der Waals surface area contributed by atoms with Gasteiger partial charge in [0.05, 0.1) is 11.4 Å². The summed E-state index contributed by atoms with van der Waals surface area (Å²) in [4.78, 5) is 0. The van der Waals surface area contributed by atoms with Crippen molar-refractivity contribution in [3.63, 3.8) is 0 Å². The zero-order valence-electron chi connectivity index (χ0n) is 12.3. The van der Waals surface area contributed by atoms with E-state index in [-0.39, 0.29) is 0 Å². The highest BCUT2D eigenvalue weighted by Gasteiger charge is 2.17. The molecule has 0 atom stereocenters. The van der Waals surface area contributed by atoms with E-state index in [0.29, 0.717) is 10.0 Å². The van der Waals surface area contributed by atoms with Crippen molar-refractivity contribution in [3.05, 3.63) is 70.0 Å². The van der Waals surface area contributed by atoms with Gasteiger partial charge >= 0.3 is 0 Å². The molecule has 0 aliphatic carbocycles. The fraction of sp³-hybridized carbons (Fsp3) is 0.111. The number of nitrogens with zero attached hydrogens (tertiary/aromatic N) is 2. The summed E-state index contributed by atoms with van der Waals surface area (Å²) in [5.74, 6) is 0. The van der Waals surface area contributed by atoms with Gasteiger partial charge in [0, 0.05) is 26.7 Å². The van der Waals surface area contributed by atoms with E-state index >= 15 is 0 Å². The molecule has 0 unspecified atom stereocenters. The Morgan fingerprint density at radius 2 is 1.32 bits per heavy atom. The minimum absolute atomic E-state index is 0.702. The SMILES string of the molecule is Cc1nnc(C)c(-c2ccccc2Cl)c1-c1ccc(Cl)cc1. The zero-order valence-corrected chi connectivity index (χ0v) is 13.8. The molecule has 0 amide bonds. The van der Waals surface area contributed by atoms with Crippen LogP contribution in [-0.4, -0.2) is 10.2 Å². The second-order valence-electron chi connectivity index (χ2n) is 5.11. The molecule has 0 aliphatic heterocycles. The molecule has 110 valence electrons. The van der Waals surface area contributed by atoms with E-state index in [4.69, 9.17) is 23.2 Å². The van der Waals surface area contributed by atoms with Gasteiger partial charge in [-0.25, -0.2) is 0 Å². The smallest absolute Gasteiger partial charge is 0.0685 e. The number of benzene rings is 2. The van der Waals surface area contributed by atoms with Crippen LogP contribution < -0.4 is 0 Å². The highest BCUT2D eigenvalue weighted by molar-refractivity contribution is 6.33. The van der Waals surface area contributed by atoms with E-state index in [1.54, 1.807) is 0 Å². The van der Waals surface area contributed by atoms with Crippen LogP contribution in [-0.2, 0) is 0 Å². The second kappa shape index (κ2) is 6.07. The molecule has 0 aliphatic rings. The second-order valence-corrected chi connectivity index (χ2v) is 5.95. The van der Waals surface area contributed by atoms with Crippen LogP contribution in [0.15, 0.2) is 48.5 Å². The first-order valence-electron chi connectivity index (χ1n) is 6.92. The zero-order chi connectivity index (χ0) is 15.7. The lowest BCUT2D eigenvalue weighted by Gasteiger charge is -2.15. The molecule has 0 spiro atoms. The van der Waals surface area contributed by atoms with Gasteiger partial charge in [-0.3, -0.25) is 0 Å². The highest BCUT2D eigenvalue weighted by Crippen LogP contribution is 2.38. The molecule has 0 N–H and O–H groups in total. The maximum atomic E-state index is 6.40. The van der Waals surface area contributed by atoms with Crippen LogP contribution in [0.3, 0.4) is 0 Å². The van der Waals surface area contributed by atoms with Gasteiger partial charge < -0.3 is 0 Å². The number of aryl methyl sites for hydroxylation is 2. The number of rotatable bonds is 2. The molecule has 22 heavy (non-hydrogen) atoms. The Morgan fingerprint density at radius 1 is 0.727 bits per heavy atom. The lowest BCUT2D eigenvalue weighted by Crippen LogP contribution is -2.00. The summed E-state index contributed by atoms with van der Waals surface area (Å²) >= 11 is 12.4. The average Bonchev–Trinajstić information content (AvgIpc) is 2.51. The van der Waals surface area contributed by atoms with Crippen molar-refractivity contribution in [2.45, 2.75) is 13.8 Å². The Kier molecular flexibility index (Phi) is 4.14. The van der Waals surface area contributed by atoms with E-state index in [1.807, 2.05) is 62.4 Å². The lowest BCUT2D eigenvalue weighted by molar-refractivity contribution is 0.946. The highest BCUT2D eigenvalue weighted by atomic mass is 35.5. The van der Waals surface area contributed by atoms with Crippen molar-refractivity contribution >= 4 is 23.2 Å². The number of halogens is 2. The topological polar surface area (TPSA) is 25.8 Å². The standard InChI is InChI=1S/C18H14Cl2N2/c1-11-17(13-7-9-14(19)10-8-13)18(12(2)22-21-11)15-5-3-4-6-16(15)20/h3-10H,1-2H3. The Hall–Kier alpha value is -1.90. The van der Waals surface area contributed by atoms with E-state index in [9.17, 15) is 0 Å². The number of hydrogen-bond acceptors (Lipinski definition) is 2. The van der Waals surface area contributed by atoms with Gasteiger partial charge in [-0.15, -0.1) is 0 Å². The van der Waals surface area contributed by atoms with Crippen molar-refractivity contribution in [2.24, 2.45) is 0 Å². The maximum Gasteiger partial charge on any atom is 0.0685 e. The summed E-state index contributed by atoms with van der Waals surface area (Å²) in [6.07, 6.45) is 0. The van der Waals surface area contributed by atoms with Gasteiger partial charge in [-0.2, -0.15) is 10.2 Å². The molecule has 0 saturated carbocycles. The molecule has 0 fully saturated rings. The molecule has 3 rings (SSSR count). The molecular formula is C18H14Cl2N2. The molecule has 3 aromatic rings. The van der Waals surface area contributed by atoms with Crippen LogP contribution in [0.4, 0.5) is 0 Å². The third kappa shape index (κ3) is 2.72. The Bertz CT molecular complexity index is 827. The van der Waals surface area contributed by atoms with Gasteiger partial charge in [0.15, 0.2) is 0 Å². The molecule has 0 bridgehead atoms. The fourth-order valence-electron chi connectivity index (χ4n) is 2.58. The largest absolute Gasteiger partial charge is 0.155 e. The van der Waals surface area contributed by atoms with Crippen LogP contribution >= 0.6 is 23.2 Å². The normalized spacial score (nSPS) is 10.7. The summed E-state index contributed by atoms with van der Waals surface area (Å²) < 4.78 is 0. The molecule has 0 saturated heterocycles. The first-order valence-corrected chi connectivity index (χ1v) is 7.68. The van der Waals surface area contributed by atoms with E-state index in [0.717, 1.165) is 33.6 Å². The summed E-state index contributed by atoms with van der Waals surface area (Å²) in [5.41, 5.74) is 5.78. The minimum Gasteiger partial charge on any atom is -0.155 e. The molecular weight excluding hydrogens is 315 g/mol. The fourth-order valence-corrected chi connectivity index (χ4v) is 2.93. The third-order valence-corrected chi connectivity index (χ3v) is 4.18. The van der Waals surface area contributed by atoms with Crippen LogP contribution in [0.25, 0.3) is 22.3 Å². The maximum absolute atomic E-state index is 6.40. The van der Waals surface area contributed by atoms with Gasteiger partial charge in [0.25, 0.3) is 0 Å². The van der Waals surface area contributed by atoms with Gasteiger partial charge in [0.2, 0.25) is 0 Å². The summed E-state index contributed by atoms with van der Waals surface area (Å²) in [5, 5.41) is 9.94. The van der Waals surface area contributed by atoms with Crippen LogP contribution in [0.1, 0.15) is 11.4 Å². The van der Waals surface area contributed by atoms with E-state index in [1.165, 1.54) is 0 Å². The average molecular weight is 329 g/mol. The minimum atomic E-state index is 0.702. The predicted molar refractivity (Wildman–Crippen MR) is 92.4 cm³/mol. The quantitative estimate of drug-likeness (QED) is 0.599. The summed E-state index contributed by atoms with van der Waals surface area (Å²) in [6.45, 7) is 3.90. The van der Waals surface area contributed by atoms with Gasteiger partial charge in [-0.05, 0) is 37.6 Å².